The zero-order valence-electron chi connectivity index (χ0n) is 10.7. The van der Waals surface area contributed by atoms with E-state index in [1.807, 2.05) is 5.01 Å². The van der Waals surface area contributed by atoms with Crippen LogP contribution in [-0.2, 0) is 0 Å². The van der Waals surface area contributed by atoms with Crippen molar-refractivity contribution in [1.29, 1.82) is 0 Å². The van der Waals surface area contributed by atoms with E-state index in [1.165, 1.54) is 6.07 Å². The summed E-state index contributed by atoms with van der Waals surface area (Å²) >= 11 is 6.08. The highest BCUT2D eigenvalue weighted by Gasteiger charge is 2.19. The lowest BCUT2D eigenvalue weighted by Gasteiger charge is -2.33. The number of carboxylic acids is 1. The number of hydrazine groups is 1. The summed E-state index contributed by atoms with van der Waals surface area (Å²) in [5, 5.41) is 11.5. The predicted octanol–water partition coefficient (Wildman–Crippen LogP) is 1.19. The van der Waals surface area contributed by atoms with E-state index >= 15 is 0 Å². The van der Waals surface area contributed by atoms with Crippen LogP contribution in [0.5, 0.6) is 0 Å². The van der Waals surface area contributed by atoms with E-state index in [0.29, 0.717) is 16.4 Å². The number of likely N-dealkylation sites (N-methyl/N-ethyl adjacent to an activating group) is 1. The molecule has 0 atom stereocenters. The summed E-state index contributed by atoms with van der Waals surface area (Å²) in [6, 6.07) is 2.96. The van der Waals surface area contributed by atoms with Gasteiger partial charge in [-0.15, -0.1) is 0 Å². The number of rotatable bonds is 3. The van der Waals surface area contributed by atoms with Gasteiger partial charge in [-0.3, -0.25) is 0 Å². The molecule has 0 spiro atoms. The number of nitrogens with two attached hydrogens (primary N) is 1. The van der Waals surface area contributed by atoms with Crippen molar-refractivity contribution in [2.75, 3.05) is 44.4 Å². The van der Waals surface area contributed by atoms with Crippen molar-refractivity contribution in [1.82, 2.24) is 9.91 Å². The molecule has 1 fully saturated rings. The molecule has 0 aromatic heterocycles. The van der Waals surface area contributed by atoms with Crippen LogP contribution in [0.15, 0.2) is 12.1 Å². The molecule has 0 radical (unpaired) electrons. The molecule has 4 N–H and O–H groups in total. The Morgan fingerprint density at radius 3 is 2.58 bits per heavy atom. The molecule has 0 saturated carbocycles. The summed E-state index contributed by atoms with van der Waals surface area (Å²) in [4.78, 5) is 13.4. The molecule has 0 aliphatic carbocycles. The van der Waals surface area contributed by atoms with Crippen molar-refractivity contribution in [2.24, 2.45) is 0 Å². The zero-order valence-corrected chi connectivity index (χ0v) is 11.4. The summed E-state index contributed by atoms with van der Waals surface area (Å²) in [6.45, 7) is 3.44. The minimum absolute atomic E-state index is 0.0870. The molecule has 0 bridgehead atoms. The predicted molar refractivity (Wildman–Crippen MR) is 75.5 cm³/mol. The highest BCUT2D eigenvalue weighted by molar-refractivity contribution is 6.34. The second-order valence-corrected chi connectivity index (χ2v) is 5.04. The average Bonchev–Trinajstić information content (AvgIpc) is 2.34. The van der Waals surface area contributed by atoms with Crippen LogP contribution in [0.2, 0.25) is 5.02 Å². The van der Waals surface area contributed by atoms with E-state index < -0.39 is 5.97 Å². The topological polar surface area (TPSA) is 81.8 Å². The first kappa shape index (κ1) is 13.9. The Morgan fingerprint density at radius 1 is 1.37 bits per heavy atom. The molecule has 6 nitrogen and oxygen atoms in total. The summed E-state index contributed by atoms with van der Waals surface area (Å²) < 4.78 is 0. The maximum Gasteiger partial charge on any atom is 0.337 e. The molecule has 1 heterocycles. The fourth-order valence-electron chi connectivity index (χ4n) is 1.99. The van der Waals surface area contributed by atoms with Crippen LogP contribution in [0.3, 0.4) is 0 Å². The monoisotopic (exact) mass is 284 g/mol. The van der Waals surface area contributed by atoms with E-state index in [2.05, 4.69) is 17.4 Å². The Balaban J connectivity index is 2.21. The lowest BCUT2D eigenvalue weighted by molar-refractivity contribution is 0.0697. The molecule has 104 valence electrons. The van der Waals surface area contributed by atoms with Gasteiger partial charge in [-0.2, -0.15) is 0 Å². The standard InChI is InChI=1S/C12H17ClN4O2/c1-16-2-4-17(5-3-16)15-11-9(12(18)19)6-8(14)7-10(11)13/h6-7,15H,2-5,14H2,1H3,(H,18,19). The Labute approximate surface area is 116 Å². The minimum Gasteiger partial charge on any atom is -0.478 e. The van der Waals surface area contributed by atoms with Crippen LogP contribution in [0.4, 0.5) is 11.4 Å². The first-order chi connectivity index (χ1) is 8.97. The van der Waals surface area contributed by atoms with E-state index in [0.717, 1.165) is 26.2 Å². The lowest BCUT2D eigenvalue weighted by Crippen LogP contribution is -2.47. The minimum atomic E-state index is -1.05. The summed E-state index contributed by atoms with van der Waals surface area (Å²) in [7, 11) is 2.05. The number of carboxylic acid groups (broad SMARTS) is 1. The van der Waals surface area contributed by atoms with Gasteiger partial charge >= 0.3 is 5.97 Å². The fraction of sp³-hybridized carbons (Fsp3) is 0.417. The largest absolute Gasteiger partial charge is 0.478 e. The van der Waals surface area contributed by atoms with Crippen molar-refractivity contribution in [3.8, 4) is 0 Å². The first-order valence-electron chi connectivity index (χ1n) is 6.00. The molecule has 1 aromatic rings. The maximum atomic E-state index is 11.2. The lowest BCUT2D eigenvalue weighted by atomic mass is 10.1. The summed E-state index contributed by atoms with van der Waals surface area (Å²) in [6.07, 6.45) is 0. The molecule has 7 heteroatoms. The number of hydrogen-bond donors (Lipinski definition) is 3. The van der Waals surface area contributed by atoms with Gasteiger partial charge in [0, 0.05) is 31.9 Å². The van der Waals surface area contributed by atoms with Gasteiger partial charge in [0.2, 0.25) is 0 Å². The molecular formula is C12H17ClN4O2. The molecule has 19 heavy (non-hydrogen) atoms. The van der Waals surface area contributed by atoms with Gasteiger partial charge < -0.3 is 21.2 Å². The second-order valence-electron chi connectivity index (χ2n) is 4.63. The normalized spacial score (nSPS) is 17.4. The van der Waals surface area contributed by atoms with Gasteiger partial charge in [0.05, 0.1) is 16.3 Å². The average molecular weight is 285 g/mol. The number of benzene rings is 1. The number of nitrogen functional groups attached to an aromatic ring is 1. The number of aromatic carboxylic acids is 1. The van der Waals surface area contributed by atoms with Gasteiger partial charge in [-0.05, 0) is 19.2 Å². The highest BCUT2D eigenvalue weighted by atomic mass is 35.5. The Hall–Kier alpha value is -1.50. The van der Waals surface area contributed by atoms with E-state index in [4.69, 9.17) is 17.3 Å². The third-order valence-corrected chi connectivity index (χ3v) is 3.41. The molecule has 1 aromatic carbocycles. The number of nitrogens with zero attached hydrogens (tertiary/aromatic N) is 2. The third kappa shape index (κ3) is 3.28. The van der Waals surface area contributed by atoms with Gasteiger partial charge in [-0.1, -0.05) is 11.6 Å². The molecule has 0 amide bonds. The number of anilines is 2. The smallest absolute Gasteiger partial charge is 0.337 e. The van der Waals surface area contributed by atoms with Gasteiger partial charge in [-0.25, -0.2) is 9.80 Å². The Bertz CT molecular complexity index is 487. The maximum absolute atomic E-state index is 11.2. The van der Waals surface area contributed by atoms with Crippen molar-refractivity contribution < 1.29 is 9.90 Å². The number of piperazine rings is 1. The molecule has 1 saturated heterocycles. The summed E-state index contributed by atoms with van der Waals surface area (Å²) in [5.74, 6) is -1.05. The van der Waals surface area contributed by atoms with Crippen LogP contribution < -0.4 is 11.2 Å². The van der Waals surface area contributed by atoms with Crippen molar-refractivity contribution in [2.45, 2.75) is 0 Å². The van der Waals surface area contributed by atoms with Crippen molar-refractivity contribution in [3.63, 3.8) is 0 Å². The van der Waals surface area contributed by atoms with E-state index in [1.54, 1.807) is 6.07 Å². The quantitative estimate of drug-likeness (QED) is 0.724. The SMILES string of the molecule is CN1CCN(Nc2c(Cl)cc(N)cc2C(=O)O)CC1. The van der Waals surface area contributed by atoms with E-state index in [9.17, 15) is 9.90 Å². The van der Waals surface area contributed by atoms with Gasteiger partial charge in [0.25, 0.3) is 0 Å². The van der Waals surface area contributed by atoms with Crippen LogP contribution in [0.1, 0.15) is 10.4 Å². The third-order valence-electron chi connectivity index (χ3n) is 3.12. The zero-order chi connectivity index (χ0) is 14.0. The van der Waals surface area contributed by atoms with Crippen molar-refractivity contribution in [3.05, 3.63) is 22.7 Å². The van der Waals surface area contributed by atoms with E-state index in [-0.39, 0.29) is 5.56 Å². The molecule has 0 unspecified atom stereocenters. The second kappa shape index (κ2) is 5.64. The molecule has 2 rings (SSSR count). The molecule has 1 aliphatic heterocycles. The number of hydrogen-bond acceptors (Lipinski definition) is 5. The van der Waals surface area contributed by atoms with Crippen molar-refractivity contribution >= 4 is 28.9 Å². The Kier molecular flexibility index (Phi) is 4.14. The van der Waals surface area contributed by atoms with Crippen LogP contribution in [0, 0.1) is 0 Å². The van der Waals surface area contributed by atoms with Crippen LogP contribution in [-0.4, -0.2) is 54.2 Å². The van der Waals surface area contributed by atoms with Crippen LogP contribution >= 0.6 is 11.6 Å². The number of carbonyl (C=O) groups is 1. The number of halogens is 1. The highest BCUT2D eigenvalue weighted by Crippen LogP contribution is 2.29. The summed E-state index contributed by atoms with van der Waals surface area (Å²) in [5.41, 5.74) is 9.53. The van der Waals surface area contributed by atoms with Crippen LogP contribution in [0.25, 0.3) is 0 Å². The number of nitrogens with one attached hydrogen (secondary N) is 1. The van der Waals surface area contributed by atoms with Gasteiger partial charge in [0.15, 0.2) is 0 Å². The first-order valence-corrected chi connectivity index (χ1v) is 6.37. The van der Waals surface area contributed by atoms with Gasteiger partial charge in [0.1, 0.15) is 0 Å². The Morgan fingerprint density at radius 2 is 2.00 bits per heavy atom. The molecular weight excluding hydrogens is 268 g/mol. The molecule has 1 aliphatic rings. The fourth-order valence-corrected chi connectivity index (χ4v) is 2.26.